The second kappa shape index (κ2) is 6.57. The number of rotatable bonds is 6. The largest absolute Gasteiger partial charge is 0.380 e. The molecule has 1 aromatic heterocycles. The molecule has 3 nitrogen and oxygen atoms in total. The van der Waals surface area contributed by atoms with Crippen molar-refractivity contribution in [3.63, 3.8) is 0 Å². The summed E-state index contributed by atoms with van der Waals surface area (Å²) in [5.74, 6) is 0. The highest BCUT2D eigenvalue weighted by Gasteiger charge is 1.91. The van der Waals surface area contributed by atoms with Crippen molar-refractivity contribution in [2.45, 2.75) is 6.42 Å². The van der Waals surface area contributed by atoms with Gasteiger partial charge in [-0.3, -0.25) is 4.98 Å². The van der Waals surface area contributed by atoms with Crippen LogP contribution in [-0.2, 0) is 11.2 Å². The molecule has 0 saturated carbocycles. The first-order valence-corrected chi connectivity index (χ1v) is 4.54. The Balaban J connectivity index is 2.07. The van der Waals surface area contributed by atoms with Gasteiger partial charge in [-0.15, -0.1) is 0 Å². The highest BCUT2D eigenvalue weighted by atomic mass is 16.5. The van der Waals surface area contributed by atoms with Crippen molar-refractivity contribution in [1.29, 1.82) is 0 Å². The van der Waals surface area contributed by atoms with Crippen molar-refractivity contribution in [3.05, 3.63) is 30.1 Å². The fourth-order valence-electron chi connectivity index (χ4n) is 1.01. The summed E-state index contributed by atoms with van der Waals surface area (Å²) in [5, 5.41) is 3.03. The molecule has 1 rings (SSSR count). The standard InChI is InChI=1S/C10H16N2O/c1-11-6-8-13-7-4-10-3-2-5-12-9-10/h2-3,5,9,11H,4,6-8H2,1H3. The van der Waals surface area contributed by atoms with Gasteiger partial charge in [0.25, 0.3) is 0 Å². The lowest BCUT2D eigenvalue weighted by atomic mass is 10.2. The molecule has 0 atom stereocenters. The molecule has 0 aromatic carbocycles. The summed E-state index contributed by atoms with van der Waals surface area (Å²) in [4.78, 5) is 4.03. The van der Waals surface area contributed by atoms with Gasteiger partial charge < -0.3 is 10.1 Å². The van der Waals surface area contributed by atoms with E-state index in [9.17, 15) is 0 Å². The summed E-state index contributed by atoms with van der Waals surface area (Å²) in [5.41, 5.74) is 1.23. The zero-order valence-corrected chi connectivity index (χ0v) is 7.99. The van der Waals surface area contributed by atoms with Crippen LogP contribution in [0.3, 0.4) is 0 Å². The van der Waals surface area contributed by atoms with E-state index in [1.807, 2.05) is 19.3 Å². The molecular formula is C10H16N2O. The van der Waals surface area contributed by atoms with Crippen LogP contribution in [0.15, 0.2) is 24.5 Å². The maximum atomic E-state index is 5.39. The number of nitrogens with one attached hydrogen (secondary N) is 1. The van der Waals surface area contributed by atoms with E-state index in [2.05, 4.69) is 16.4 Å². The molecule has 0 aliphatic rings. The molecule has 0 aliphatic heterocycles. The maximum Gasteiger partial charge on any atom is 0.0590 e. The normalized spacial score (nSPS) is 10.2. The van der Waals surface area contributed by atoms with Crippen LogP contribution in [0.25, 0.3) is 0 Å². The average Bonchev–Trinajstić information content (AvgIpc) is 2.19. The number of aromatic nitrogens is 1. The number of pyridine rings is 1. The number of ether oxygens (including phenoxy) is 1. The third kappa shape index (κ3) is 4.60. The van der Waals surface area contributed by atoms with Crippen molar-refractivity contribution < 1.29 is 4.74 Å². The van der Waals surface area contributed by atoms with E-state index in [1.165, 1.54) is 5.56 Å². The molecule has 0 spiro atoms. The van der Waals surface area contributed by atoms with Gasteiger partial charge in [0, 0.05) is 18.9 Å². The van der Waals surface area contributed by atoms with Crippen LogP contribution in [0.4, 0.5) is 0 Å². The minimum absolute atomic E-state index is 0.771. The third-order valence-corrected chi connectivity index (χ3v) is 1.75. The van der Waals surface area contributed by atoms with Gasteiger partial charge >= 0.3 is 0 Å². The summed E-state index contributed by atoms with van der Waals surface area (Å²) in [7, 11) is 1.92. The SMILES string of the molecule is CNCCOCCc1cccnc1. The molecule has 3 heteroatoms. The molecule has 0 aliphatic carbocycles. The van der Waals surface area contributed by atoms with E-state index >= 15 is 0 Å². The summed E-state index contributed by atoms with van der Waals surface area (Å²) in [6.45, 7) is 2.46. The molecule has 0 bridgehead atoms. The molecule has 1 N–H and O–H groups in total. The minimum Gasteiger partial charge on any atom is -0.380 e. The Bertz CT molecular complexity index is 213. The lowest BCUT2D eigenvalue weighted by molar-refractivity contribution is 0.140. The van der Waals surface area contributed by atoms with Gasteiger partial charge in [-0.1, -0.05) is 6.07 Å². The van der Waals surface area contributed by atoms with E-state index < -0.39 is 0 Å². The second-order valence-corrected chi connectivity index (χ2v) is 2.83. The Morgan fingerprint density at radius 2 is 2.38 bits per heavy atom. The van der Waals surface area contributed by atoms with Gasteiger partial charge in [0.15, 0.2) is 0 Å². The fourth-order valence-corrected chi connectivity index (χ4v) is 1.01. The van der Waals surface area contributed by atoms with Crippen molar-refractivity contribution in [2.24, 2.45) is 0 Å². The first-order valence-electron chi connectivity index (χ1n) is 4.54. The number of hydrogen-bond acceptors (Lipinski definition) is 3. The fraction of sp³-hybridized carbons (Fsp3) is 0.500. The van der Waals surface area contributed by atoms with Crippen LogP contribution in [0.2, 0.25) is 0 Å². The Labute approximate surface area is 79.1 Å². The predicted octanol–water partition coefficient (Wildman–Crippen LogP) is 0.860. The Morgan fingerprint density at radius 1 is 1.46 bits per heavy atom. The number of nitrogens with zero attached hydrogens (tertiary/aromatic N) is 1. The average molecular weight is 180 g/mol. The molecule has 0 unspecified atom stereocenters. The molecule has 72 valence electrons. The molecule has 1 heterocycles. The summed E-state index contributed by atoms with van der Waals surface area (Å²) >= 11 is 0. The van der Waals surface area contributed by atoms with E-state index in [4.69, 9.17) is 4.74 Å². The van der Waals surface area contributed by atoms with Crippen LogP contribution in [0.1, 0.15) is 5.56 Å². The topological polar surface area (TPSA) is 34.1 Å². The zero-order chi connectivity index (χ0) is 9.36. The van der Waals surface area contributed by atoms with E-state index in [-0.39, 0.29) is 0 Å². The highest BCUT2D eigenvalue weighted by molar-refractivity contribution is 5.08. The zero-order valence-electron chi connectivity index (χ0n) is 7.99. The predicted molar refractivity (Wildman–Crippen MR) is 52.7 cm³/mol. The van der Waals surface area contributed by atoms with Crippen molar-refractivity contribution in [2.75, 3.05) is 26.8 Å². The summed E-state index contributed by atoms with van der Waals surface area (Å²) < 4.78 is 5.39. The van der Waals surface area contributed by atoms with Gasteiger partial charge in [-0.25, -0.2) is 0 Å². The Morgan fingerprint density at radius 3 is 3.08 bits per heavy atom. The van der Waals surface area contributed by atoms with Crippen molar-refractivity contribution in [3.8, 4) is 0 Å². The monoisotopic (exact) mass is 180 g/mol. The number of likely N-dealkylation sites (N-methyl/N-ethyl adjacent to an activating group) is 1. The summed E-state index contributed by atoms with van der Waals surface area (Å²) in [6.07, 6.45) is 4.60. The Kier molecular flexibility index (Phi) is 5.13. The van der Waals surface area contributed by atoms with Crippen LogP contribution < -0.4 is 5.32 Å². The third-order valence-electron chi connectivity index (χ3n) is 1.75. The molecule has 0 fully saturated rings. The first-order chi connectivity index (χ1) is 6.43. The molecule has 1 aromatic rings. The van der Waals surface area contributed by atoms with Crippen LogP contribution in [0.5, 0.6) is 0 Å². The summed E-state index contributed by atoms with van der Waals surface area (Å²) in [6, 6.07) is 4.01. The van der Waals surface area contributed by atoms with Crippen molar-refractivity contribution in [1.82, 2.24) is 10.3 Å². The molecular weight excluding hydrogens is 164 g/mol. The van der Waals surface area contributed by atoms with E-state index in [0.717, 1.165) is 26.2 Å². The highest BCUT2D eigenvalue weighted by Crippen LogP contribution is 1.96. The number of hydrogen-bond donors (Lipinski definition) is 1. The van der Waals surface area contributed by atoms with Crippen molar-refractivity contribution >= 4 is 0 Å². The van der Waals surface area contributed by atoms with Gasteiger partial charge in [0.05, 0.1) is 13.2 Å². The van der Waals surface area contributed by atoms with E-state index in [0.29, 0.717) is 0 Å². The van der Waals surface area contributed by atoms with Gasteiger partial charge in [0.2, 0.25) is 0 Å². The van der Waals surface area contributed by atoms with Crippen LogP contribution in [0, 0.1) is 0 Å². The minimum atomic E-state index is 0.771. The molecule has 0 amide bonds. The van der Waals surface area contributed by atoms with Gasteiger partial charge in [-0.05, 0) is 25.1 Å². The molecule has 0 saturated heterocycles. The van der Waals surface area contributed by atoms with E-state index in [1.54, 1.807) is 6.20 Å². The lowest BCUT2D eigenvalue weighted by Gasteiger charge is -2.02. The van der Waals surface area contributed by atoms with Gasteiger partial charge in [0.1, 0.15) is 0 Å². The molecule has 0 radical (unpaired) electrons. The smallest absolute Gasteiger partial charge is 0.0590 e. The first kappa shape index (κ1) is 10.2. The van der Waals surface area contributed by atoms with Gasteiger partial charge in [-0.2, -0.15) is 0 Å². The van der Waals surface area contributed by atoms with Crippen LogP contribution >= 0.6 is 0 Å². The Hall–Kier alpha value is -0.930. The van der Waals surface area contributed by atoms with Crippen LogP contribution in [-0.4, -0.2) is 31.8 Å². The second-order valence-electron chi connectivity index (χ2n) is 2.83. The quantitative estimate of drug-likeness (QED) is 0.659. The molecule has 13 heavy (non-hydrogen) atoms. The lowest BCUT2D eigenvalue weighted by Crippen LogP contribution is -2.15. The maximum absolute atomic E-state index is 5.39.